The first-order valence-electron chi connectivity index (χ1n) is 9.86. The fourth-order valence-corrected chi connectivity index (χ4v) is 4.14. The highest BCUT2D eigenvalue weighted by molar-refractivity contribution is 6.00. The molecule has 0 radical (unpaired) electrons. The van der Waals surface area contributed by atoms with Crippen molar-refractivity contribution in [1.29, 1.82) is 0 Å². The molecule has 7 nitrogen and oxygen atoms in total. The second-order valence-corrected chi connectivity index (χ2v) is 7.80. The van der Waals surface area contributed by atoms with Crippen LogP contribution in [0.5, 0.6) is 0 Å². The van der Waals surface area contributed by atoms with E-state index in [-0.39, 0.29) is 23.7 Å². The van der Waals surface area contributed by atoms with Crippen LogP contribution < -0.4 is 11.1 Å². The molecule has 1 aromatic heterocycles. The quantitative estimate of drug-likeness (QED) is 0.769. The van der Waals surface area contributed by atoms with Gasteiger partial charge in [-0.25, -0.2) is 0 Å². The van der Waals surface area contributed by atoms with E-state index in [0.29, 0.717) is 17.1 Å². The third-order valence-corrected chi connectivity index (χ3v) is 5.56. The third-order valence-electron chi connectivity index (χ3n) is 5.56. The molecule has 0 unspecified atom stereocenters. The molecule has 1 aliphatic heterocycles. The highest BCUT2D eigenvalue weighted by atomic mass is 19.4. The van der Waals surface area contributed by atoms with Crippen molar-refractivity contribution in [2.45, 2.75) is 50.9 Å². The Morgan fingerprint density at radius 3 is 2.63 bits per heavy atom. The van der Waals surface area contributed by atoms with Gasteiger partial charge in [0.25, 0.3) is 11.8 Å². The Balaban J connectivity index is 1.56. The van der Waals surface area contributed by atoms with Crippen molar-refractivity contribution in [3.63, 3.8) is 0 Å². The number of carbonyl (C=O) groups is 2. The average molecular weight is 421 g/mol. The molecule has 1 aliphatic carbocycles. The summed E-state index contributed by atoms with van der Waals surface area (Å²) in [6, 6.07) is 4.88. The maximum Gasteiger partial charge on any atom is 0.406 e. The molecule has 2 amide bonds. The van der Waals surface area contributed by atoms with Crippen molar-refractivity contribution in [2.75, 3.05) is 11.9 Å². The predicted molar refractivity (Wildman–Crippen MR) is 103 cm³/mol. The van der Waals surface area contributed by atoms with Crippen molar-refractivity contribution in [3.8, 4) is 0 Å². The predicted octanol–water partition coefficient (Wildman–Crippen LogP) is 3.75. The first-order chi connectivity index (χ1) is 14.2. The zero-order valence-electron chi connectivity index (χ0n) is 16.2. The van der Waals surface area contributed by atoms with Gasteiger partial charge in [-0.2, -0.15) is 18.3 Å². The summed E-state index contributed by atoms with van der Waals surface area (Å²) in [6.45, 7) is -1.41. The summed E-state index contributed by atoms with van der Waals surface area (Å²) < 4.78 is 39.8. The minimum atomic E-state index is -4.46. The van der Waals surface area contributed by atoms with Crippen molar-refractivity contribution >= 4 is 23.3 Å². The molecule has 160 valence electrons. The lowest BCUT2D eigenvalue weighted by Gasteiger charge is -2.21. The molecule has 0 spiro atoms. The topological polar surface area (TPSA) is 93.2 Å². The standard InChI is InChI=1S/C20H22F3N5O2/c21-20(22,23)11-27-9-12-8-13(6-7-15(12)19(27)30)25-18-16(17(24)29)10-28(26-18)14-4-2-1-3-5-14/h6-8,10,14H,1-5,9,11H2,(H2,24,29)(H,25,26). The van der Waals surface area contributed by atoms with Crippen molar-refractivity contribution < 1.29 is 22.8 Å². The molecule has 1 fully saturated rings. The summed E-state index contributed by atoms with van der Waals surface area (Å²) in [5.74, 6) is -0.968. The minimum Gasteiger partial charge on any atom is -0.365 e. The number of nitrogens with two attached hydrogens (primary N) is 1. The molecule has 2 aromatic rings. The highest BCUT2D eigenvalue weighted by Gasteiger charge is 2.37. The second kappa shape index (κ2) is 7.66. The first kappa shape index (κ1) is 20.2. The van der Waals surface area contributed by atoms with Crippen LogP contribution in [0, 0.1) is 0 Å². The summed E-state index contributed by atoms with van der Waals surface area (Å²) in [6.07, 6.45) is 2.54. The number of halogens is 3. The number of nitrogens with one attached hydrogen (secondary N) is 1. The zero-order valence-corrected chi connectivity index (χ0v) is 16.2. The summed E-state index contributed by atoms with van der Waals surface area (Å²) >= 11 is 0. The summed E-state index contributed by atoms with van der Waals surface area (Å²) in [7, 11) is 0. The SMILES string of the molecule is NC(=O)c1cn(C2CCCCC2)nc1Nc1ccc2c(c1)CN(CC(F)(F)F)C2=O. The van der Waals surface area contributed by atoms with E-state index in [2.05, 4.69) is 10.4 Å². The number of anilines is 2. The van der Waals surface area contributed by atoms with Crippen LogP contribution in [-0.2, 0) is 6.54 Å². The van der Waals surface area contributed by atoms with Gasteiger partial charge in [0.15, 0.2) is 5.82 Å². The summed E-state index contributed by atoms with van der Waals surface area (Å²) in [5.41, 5.74) is 7.00. The van der Waals surface area contributed by atoms with E-state index in [1.54, 1.807) is 23.0 Å². The molecule has 1 aromatic carbocycles. The van der Waals surface area contributed by atoms with Crippen LogP contribution in [0.25, 0.3) is 0 Å². The van der Waals surface area contributed by atoms with Gasteiger partial charge in [-0.3, -0.25) is 14.3 Å². The van der Waals surface area contributed by atoms with Crippen molar-refractivity contribution in [2.24, 2.45) is 5.73 Å². The number of benzene rings is 1. The minimum absolute atomic E-state index is 0.123. The molecule has 2 heterocycles. The molecule has 4 rings (SSSR count). The smallest absolute Gasteiger partial charge is 0.365 e. The normalized spacial score (nSPS) is 17.3. The number of rotatable bonds is 5. The van der Waals surface area contributed by atoms with Gasteiger partial charge < -0.3 is 16.0 Å². The Labute approximate surface area is 171 Å². The lowest BCUT2D eigenvalue weighted by molar-refractivity contribution is -0.140. The molecule has 30 heavy (non-hydrogen) atoms. The summed E-state index contributed by atoms with van der Waals surface area (Å²) in [4.78, 5) is 24.8. The van der Waals surface area contributed by atoms with Gasteiger partial charge in [0.05, 0.1) is 6.04 Å². The molecular formula is C20H22F3N5O2. The monoisotopic (exact) mass is 421 g/mol. The van der Waals surface area contributed by atoms with E-state index in [9.17, 15) is 22.8 Å². The Hall–Kier alpha value is -3.04. The molecular weight excluding hydrogens is 399 g/mol. The van der Waals surface area contributed by atoms with Crippen LogP contribution >= 0.6 is 0 Å². The Morgan fingerprint density at radius 1 is 1.23 bits per heavy atom. The number of primary amides is 1. The van der Waals surface area contributed by atoms with Crippen LogP contribution in [0.3, 0.4) is 0 Å². The lowest BCUT2D eigenvalue weighted by Crippen LogP contribution is -2.34. The van der Waals surface area contributed by atoms with Gasteiger partial charge >= 0.3 is 6.18 Å². The maximum absolute atomic E-state index is 12.7. The van der Waals surface area contributed by atoms with E-state index in [1.165, 1.54) is 12.5 Å². The first-order valence-corrected chi connectivity index (χ1v) is 9.86. The third kappa shape index (κ3) is 4.12. The average Bonchev–Trinajstić information content (AvgIpc) is 3.23. The molecule has 3 N–H and O–H groups in total. The number of carbonyl (C=O) groups excluding carboxylic acids is 2. The number of hydrogen-bond acceptors (Lipinski definition) is 4. The molecule has 0 bridgehead atoms. The van der Waals surface area contributed by atoms with E-state index in [4.69, 9.17) is 5.73 Å². The van der Waals surface area contributed by atoms with Crippen LogP contribution in [0.4, 0.5) is 24.7 Å². The molecule has 1 saturated carbocycles. The molecule has 0 saturated heterocycles. The van der Waals surface area contributed by atoms with E-state index < -0.39 is 24.5 Å². The highest BCUT2D eigenvalue weighted by Crippen LogP contribution is 2.32. The van der Waals surface area contributed by atoms with Gasteiger partial charge in [0, 0.05) is 24.0 Å². The molecule has 0 atom stereocenters. The fourth-order valence-electron chi connectivity index (χ4n) is 4.14. The fraction of sp³-hybridized carbons (Fsp3) is 0.450. The second-order valence-electron chi connectivity index (χ2n) is 7.80. The van der Waals surface area contributed by atoms with Crippen molar-refractivity contribution in [1.82, 2.24) is 14.7 Å². The van der Waals surface area contributed by atoms with Crippen LogP contribution in [0.2, 0.25) is 0 Å². The molecule has 10 heteroatoms. The van der Waals surface area contributed by atoms with Crippen LogP contribution in [0.15, 0.2) is 24.4 Å². The lowest BCUT2D eigenvalue weighted by atomic mass is 9.96. The number of fused-ring (bicyclic) bond motifs is 1. The van der Waals surface area contributed by atoms with E-state index in [0.717, 1.165) is 30.6 Å². The number of alkyl halides is 3. The number of nitrogens with zero attached hydrogens (tertiary/aromatic N) is 3. The van der Waals surface area contributed by atoms with Gasteiger partial charge in [-0.15, -0.1) is 0 Å². The van der Waals surface area contributed by atoms with E-state index in [1.807, 2.05) is 0 Å². The number of amides is 2. The summed E-state index contributed by atoms with van der Waals surface area (Å²) in [5, 5.41) is 7.54. The molecule has 2 aliphatic rings. The Morgan fingerprint density at radius 2 is 1.97 bits per heavy atom. The zero-order chi connectivity index (χ0) is 21.5. The van der Waals surface area contributed by atoms with Gasteiger partial charge in [0.2, 0.25) is 0 Å². The Kier molecular flexibility index (Phi) is 5.17. The van der Waals surface area contributed by atoms with Crippen molar-refractivity contribution in [3.05, 3.63) is 41.1 Å². The van der Waals surface area contributed by atoms with Gasteiger partial charge in [-0.05, 0) is 36.6 Å². The Bertz CT molecular complexity index is 979. The van der Waals surface area contributed by atoms with Crippen LogP contribution in [0.1, 0.15) is 64.4 Å². The largest absolute Gasteiger partial charge is 0.406 e. The number of aromatic nitrogens is 2. The van der Waals surface area contributed by atoms with Gasteiger partial charge in [0.1, 0.15) is 12.1 Å². The van der Waals surface area contributed by atoms with E-state index >= 15 is 0 Å². The van der Waals surface area contributed by atoms with Crippen LogP contribution in [-0.4, -0.2) is 39.2 Å². The number of hydrogen-bond donors (Lipinski definition) is 2. The van der Waals surface area contributed by atoms with Gasteiger partial charge in [-0.1, -0.05) is 19.3 Å². The maximum atomic E-state index is 12.7.